The maximum Gasteiger partial charge on any atom is 0.226 e. The summed E-state index contributed by atoms with van der Waals surface area (Å²) in [5.41, 5.74) is 10.4. The summed E-state index contributed by atoms with van der Waals surface area (Å²) in [6.45, 7) is 0. The van der Waals surface area contributed by atoms with E-state index in [1.807, 2.05) is 0 Å². The number of amides is 1. The van der Waals surface area contributed by atoms with Crippen LogP contribution in [0.25, 0.3) is 6.08 Å². The van der Waals surface area contributed by atoms with Crippen molar-refractivity contribution < 1.29 is 4.79 Å². The van der Waals surface area contributed by atoms with Crippen molar-refractivity contribution in [3.05, 3.63) is 77.4 Å². The summed E-state index contributed by atoms with van der Waals surface area (Å²) in [6.07, 6.45) is 11.9. The van der Waals surface area contributed by atoms with Gasteiger partial charge in [-0.25, -0.2) is 0 Å². The Hall–Kier alpha value is -2.39. The topological polar surface area (TPSA) is 55.1 Å². The summed E-state index contributed by atoms with van der Waals surface area (Å²) >= 11 is 0. The van der Waals surface area contributed by atoms with Gasteiger partial charge in [0.1, 0.15) is 0 Å². The molecule has 0 spiro atoms. The Bertz CT molecular complexity index is 1020. The van der Waals surface area contributed by atoms with Gasteiger partial charge >= 0.3 is 0 Å². The molecule has 0 radical (unpaired) electrons. The Morgan fingerprint density at radius 3 is 2.09 bits per heavy atom. The molecular weight excluding hydrogens is 404 g/mol. The highest BCUT2D eigenvalue weighted by Crippen LogP contribution is 2.67. The maximum absolute atomic E-state index is 13.9. The molecule has 0 aliphatic heterocycles. The number of rotatable bonds is 4. The van der Waals surface area contributed by atoms with Crippen LogP contribution < -0.4 is 11.1 Å². The fourth-order valence-electron chi connectivity index (χ4n) is 7.91. The highest BCUT2D eigenvalue weighted by Gasteiger charge is 2.62. The molecule has 2 aromatic rings. The van der Waals surface area contributed by atoms with Crippen LogP contribution >= 0.6 is 0 Å². The van der Waals surface area contributed by atoms with E-state index in [4.69, 9.17) is 5.73 Å². The van der Waals surface area contributed by atoms with E-state index in [0.29, 0.717) is 29.8 Å². The van der Waals surface area contributed by atoms with Crippen molar-refractivity contribution in [3.63, 3.8) is 0 Å². The van der Waals surface area contributed by atoms with Crippen LogP contribution in [0.4, 0.5) is 0 Å². The second kappa shape index (κ2) is 8.13. The standard InChI is InChI=1S/C30H36N2O/c31-25-11-13-26(14-12-25)32-28(33)30-18-22-16-29(20-30,24-9-5-2-6-10-24)17-23(19-30)27(22)15-21-7-3-1-4-8-21/h1-10,15,22-23,25-26H,11-14,16-20,31H2,(H,32,33)/t22?,23?,25-,26-,29?,30?. The number of hydrogen-bond donors (Lipinski definition) is 2. The van der Waals surface area contributed by atoms with E-state index in [-0.39, 0.29) is 10.8 Å². The van der Waals surface area contributed by atoms with Crippen molar-refractivity contribution in [1.82, 2.24) is 5.32 Å². The summed E-state index contributed by atoms with van der Waals surface area (Å²) in [5, 5.41) is 3.52. The van der Waals surface area contributed by atoms with Crippen LogP contribution in [-0.4, -0.2) is 18.0 Å². The first-order chi connectivity index (χ1) is 16.1. The van der Waals surface area contributed by atoms with Crippen molar-refractivity contribution in [2.45, 2.75) is 75.3 Å². The lowest BCUT2D eigenvalue weighted by Crippen LogP contribution is -2.60. The van der Waals surface area contributed by atoms with Gasteiger partial charge in [0.25, 0.3) is 0 Å². The number of nitrogens with two attached hydrogens (primary N) is 1. The van der Waals surface area contributed by atoms with Gasteiger partial charge in [-0.3, -0.25) is 4.79 Å². The van der Waals surface area contributed by atoms with Crippen molar-refractivity contribution >= 4 is 12.0 Å². The molecule has 2 unspecified atom stereocenters. The molecule has 0 aromatic heterocycles. The molecule has 4 bridgehead atoms. The maximum atomic E-state index is 13.9. The number of carbonyl (C=O) groups excluding carboxylic acids is 1. The molecule has 33 heavy (non-hydrogen) atoms. The third kappa shape index (κ3) is 3.75. The Balaban J connectivity index is 1.33. The first-order valence-electron chi connectivity index (χ1n) is 12.9. The second-order valence-corrected chi connectivity index (χ2v) is 11.5. The Morgan fingerprint density at radius 1 is 0.848 bits per heavy atom. The molecule has 2 aromatic carbocycles. The summed E-state index contributed by atoms with van der Waals surface area (Å²) in [4.78, 5) is 13.9. The Kier molecular flexibility index (Phi) is 5.21. The minimum Gasteiger partial charge on any atom is -0.353 e. The highest BCUT2D eigenvalue weighted by molar-refractivity contribution is 5.84. The minimum atomic E-state index is -0.227. The number of allylic oxidation sites excluding steroid dienone is 1. The van der Waals surface area contributed by atoms with Crippen molar-refractivity contribution in [2.24, 2.45) is 23.0 Å². The number of benzene rings is 2. The van der Waals surface area contributed by atoms with Gasteiger partial charge in [-0.1, -0.05) is 72.3 Å². The SMILES string of the molecule is N[C@H]1CC[C@H](NC(=O)C23CC4CC(c5ccccc5)(CC(C2)C4=Cc2ccccc2)C3)CC1. The third-order valence-electron chi connectivity index (χ3n) is 9.28. The average Bonchev–Trinajstić information content (AvgIpc) is 2.84. The van der Waals surface area contributed by atoms with Gasteiger partial charge < -0.3 is 11.1 Å². The predicted octanol–water partition coefficient (Wildman–Crippen LogP) is 5.60. The minimum absolute atomic E-state index is 0.132. The molecule has 0 saturated heterocycles. The summed E-state index contributed by atoms with van der Waals surface area (Å²) in [5.74, 6) is 1.32. The molecule has 1 amide bonds. The predicted molar refractivity (Wildman–Crippen MR) is 133 cm³/mol. The van der Waals surface area contributed by atoms with E-state index in [9.17, 15) is 4.79 Å². The van der Waals surface area contributed by atoms with Crippen LogP contribution in [0.3, 0.4) is 0 Å². The van der Waals surface area contributed by atoms with Gasteiger partial charge in [-0.05, 0) is 86.2 Å². The van der Waals surface area contributed by atoms with Crippen LogP contribution in [0.1, 0.15) is 68.9 Å². The monoisotopic (exact) mass is 440 g/mol. The molecule has 5 aliphatic carbocycles. The van der Waals surface area contributed by atoms with E-state index >= 15 is 0 Å². The molecule has 3 nitrogen and oxygen atoms in total. The summed E-state index contributed by atoms with van der Waals surface area (Å²) in [7, 11) is 0. The summed E-state index contributed by atoms with van der Waals surface area (Å²) in [6, 6.07) is 22.4. The third-order valence-corrected chi connectivity index (χ3v) is 9.28. The van der Waals surface area contributed by atoms with Crippen LogP contribution in [0.5, 0.6) is 0 Å². The number of carbonyl (C=O) groups is 1. The molecule has 172 valence electrons. The molecule has 5 saturated carbocycles. The first kappa shape index (κ1) is 21.2. The molecule has 2 atom stereocenters. The van der Waals surface area contributed by atoms with Gasteiger partial charge in [-0.2, -0.15) is 0 Å². The molecule has 0 heterocycles. The summed E-state index contributed by atoms with van der Waals surface area (Å²) < 4.78 is 0. The van der Waals surface area contributed by atoms with Crippen LogP contribution in [-0.2, 0) is 10.2 Å². The first-order valence-corrected chi connectivity index (χ1v) is 12.9. The zero-order chi connectivity index (χ0) is 22.5. The van der Waals surface area contributed by atoms with Gasteiger partial charge in [0.15, 0.2) is 0 Å². The highest BCUT2D eigenvalue weighted by atomic mass is 16.2. The van der Waals surface area contributed by atoms with E-state index in [2.05, 4.69) is 72.1 Å². The normalized spacial score (nSPS) is 37.1. The zero-order valence-electron chi connectivity index (χ0n) is 19.5. The lowest BCUT2D eigenvalue weighted by Gasteiger charge is -2.62. The zero-order valence-corrected chi connectivity index (χ0v) is 19.5. The molecule has 5 aliphatic rings. The van der Waals surface area contributed by atoms with Gasteiger partial charge in [0, 0.05) is 12.1 Å². The molecular formula is C30H36N2O. The van der Waals surface area contributed by atoms with Crippen molar-refractivity contribution in [3.8, 4) is 0 Å². The van der Waals surface area contributed by atoms with E-state index in [0.717, 1.165) is 44.9 Å². The largest absolute Gasteiger partial charge is 0.353 e. The number of nitrogens with one attached hydrogen (secondary N) is 1. The van der Waals surface area contributed by atoms with Crippen molar-refractivity contribution in [2.75, 3.05) is 0 Å². The smallest absolute Gasteiger partial charge is 0.226 e. The quantitative estimate of drug-likeness (QED) is 0.650. The lowest BCUT2D eigenvalue weighted by molar-refractivity contribution is -0.145. The van der Waals surface area contributed by atoms with E-state index < -0.39 is 0 Å². The van der Waals surface area contributed by atoms with Crippen LogP contribution in [0, 0.1) is 17.3 Å². The Morgan fingerprint density at radius 2 is 1.45 bits per heavy atom. The van der Waals surface area contributed by atoms with E-state index in [1.54, 1.807) is 5.57 Å². The fourth-order valence-corrected chi connectivity index (χ4v) is 7.91. The molecule has 5 fully saturated rings. The van der Waals surface area contributed by atoms with E-state index in [1.165, 1.54) is 24.0 Å². The second-order valence-electron chi connectivity index (χ2n) is 11.5. The fraction of sp³-hybridized carbons (Fsp3) is 0.500. The van der Waals surface area contributed by atoms with Gasteiger partial charge in [0.05, 0.1) is 5.41 Å². The molecule has 3 heteroatoms. The molecule has 7 rings (SSSR count). The van der Waals surface area contributed by atoms with Crippen LogP contribution in [0.15, 0.2) is 66.2 Å². The van der Waals surface area contributed by atoms with Crippen molar-refractivity contribution in [1.29, 1.82) is 0 Å². The number of hydrogen-bond acceptors (Lipinski definition) is 2. The average molecular weight is 441 g/mol. The Labute approximate surface area is 197 Å². The molecule has 3 N–H and O–H groups in total. The van der Waals surface area contributed by atoms with Gasteiger partial charge in [-0.15, -0.1) is 0 Å². The lowest BCUT2D eigenvalue weighted by atomic mass is 9.41. The van der Waals surface area contributed by atoms with Gasteiger partial charge in [0.2, 0.25) is 5.91 Å². The van der Waals surface area contributed by atoms with Crippen LogP contribution in [0.2, 0.25) is 0 Å².